The van der Waals surface area contributed by atoms with Crippen molar-refractivity contribution in [1.82, 2.24) is 10.2 Å². The summed E-state index contributed by atoms with van der Waals surface area (Å²) in [4.78, 5) is 15.1. The van der Waals surface area contributed by atoms with E-state index in [0.717, 1.165) is 50.8 Å². The van der Waals surface area contributed by atoms with Crippen LogP contribution in [0.5, 0.6) is 5.75 Å². The van der Waals surface area contributed by atoms with Crippen molar-refractivity contribution in [3.63, 3.8) is 0 Å². The number of nitrogens with zero attached hydrogens (tertiary/aromatic N) is 1. The Morgan fingerprint density at radius 3 is 3.07 bits per heavy atom. The molecule has 0 aromatic heterocycles. The third-order valence-electron chi connectivity index (χ3n) is 5.59. The largest absolute Gasteiger partial charge is 0.492 e. The van der Waals surface area contributed by atoms with Crippen LogP contribution >= 0.6 is 11.6 Å². The van der Waals surface area contributed by atoms with Crippen LogP contribution in [0.2, 0.25) is 5.02 Å². The Bertz CT molecular complexity index is 683. The fraction of sp³-hybridized carbons (Fsp3) is 0.650. The summed E-state index contributed by atoms with van der Waals surface area (Å²) >= 11 is 6.22. The van der Waals surface area contributed by atoms with Crippen LogP contribution in [0.15, 0.2) is 6.07 Å². The maximum atomic E-state index is 12.8. The van der Waals surface area contributed by atoms with E-state index in [4.69, 9.17) is 22.1 Å². The number of aliphatic hydroxyl groups excluding tert-OH is 1. The number of halogens is 1. The van der Waals surface area contributed by atoms with Crippen molar-refractivity contribution < 1.29 is 14.6 Å². The standard InChI is InChI=1S/C20H30ClN3O3/c1-2-3-7-24-8-6-13(17(25)12-24)11-23-20(26)15-10-16(21)18(22)14-5-4-9-27-19(14)15/h10,13,17,25H,2-9,11-12,22H2,1H3,(H,23,26)/t13-,17+/m0/s1. The second kappa shape index (κ2) is 9.13. The molecule has 0 spiro atoms. The number of likely N-dealkylation sites (tertiary alicyclic amines) is 1. The van der Waals surface area contributed by atoms with Gasteiger partial charge < -0.3 is 25.8 Å². The van der Waals surface area contributed by atoms with Gasteiger partial charge in [-0.3, -0.25) is 4.79 Å². The van der Waals surface area contributed by atoms with Crippen LogP contribution in [-0.2, 0) is 6.42 Å². The molecular formula is C20H30ClN3O3. The molecule has 1 amide bonds. The minimum atomic E-state index is -0.420. The number of amides is 1. The molecular weight excluding hydrogens is 366 g/mol. The van der Waals surface area contributed by atoms with Gasteiger partial charge in [0.1, 0.15) is 5.75 Å². The van der Waals surface area contributed by atoms with Crippen LogP contribution in [-0.4, -0.2) is 54.8 Å². The molecule has 2 aliphatic rings. The van der Waals surface area contributed by atoms with Crippen molar-refractivity contribution in [2.75, 3.05) is 38.5 Å². The summed E-state index contributed by atoms with van der Waals surface area (Å²) in [5.74, 6) is 0.388. The van der Waals surface area contributed by atoms with Gasteiger partial charge in [0.05, 0.1) is 29.0 Å². The zero-order valence-corrected chi connectivity index (χ0v) is 16.7. The molecule has 4 N–H and O–H groups in total. The van der Waals surface area contributed by atoms with Gasteiger partial charge in [0.15, 0.2) is 0 Å². The van der Waals surface area contributed by atoms with Crippen molar-refractivity contribution in [3.8, 4) is 5.75 Å². The van der Waals surface area contributed by atoms with Crippen LogP contribution in [0.4, 0.5) is 5.69 Å². The highest BCUT2D eigenvalue weighted by molar-refractivity contribution is 6.33. The summed E-state index contributed by atoms with van der Waals surface area (Å²) in [6.07, 6.45) is 4.39. The fourth-order valence-electron chi connectivity index (χ4n) is 3.89. The molecule has 2 aliphatic heterocycles. The van der Waals surface area contributed by atoms with Gasteiger partial charge in [-0.2, -0.15) is 0 Å². The van der Waals surface area contributed by atoms with Crippen LogP contribution < -0.4 is 15.8 Å². The molecule has 6 nitrogen and oxygen atoms in total. The lowest BCUT2D eigenvalue weighted by Gasteiger charge is -2.36. The number of carbonyl (C=O) groups is 1. The zero-order valence-electron chi connectivity index (χ0n) is 16.0. The van der Waals surface area contributed by atoms with E-state index in [1.807, 2.05) is 0 Å². The van der Waals surface area contributed by atoms with Crippen LogP contribution in [0, 0.1) is 5.92 Å². The number of ether oxygens (including phenoxy) is 1. The number of nitrogen functional groups attached to an aromatic ring is 1. The molecule has 0 aliphatic carbocycles. The van der Waals surface area contributed by atoms with Gasteiger partial charge in [-0.15, -0.1) is 0 Å². The van der Waals surface area contributed by atoms with Gasteiger partial charge in [-0.1, -0.05) is 24.9 Å². The summed E-state index contributed by atoms with van der Waals surface area (Å²) in [6, 6.07) is 1.58. The molecule has 1 saturated heterocycles. The fourth-order valence-corrected chi connectivity index (χ4v) is 4.11. The number of carbonyl (C=O) groups excluding carboxylic acids is 1. The molecule has 1 fully saturated rings. The maximum absolute atomic E-state index is 12.8. The number of piperidine rings is 1. The Morgan fingerprint density at radius 2 is 2.33 bits per heavy atom. The van der Waals surface area contributed by atoms with Gasteiger partial charge in [0.2, 0.25) is 0 Å². The summed E-state index contributed by atoms with van der Waals surface area (Å²) in [7, 11) is 0. The Labute approximate surface area is 166 Å². The molecule has 0 radical (unpaired) electrons. The first-order chi connectivity index (χ1) is 13.0. The average Bonchev–Trinajstić information content (AvgIpc) is 2.68. The first-order valence-electron chi connectivity index (χ1n) is 9.93. The number of hydrogen-bond donors (Lipinski definition) is 3. The molecule has 0 unspecified atom stereocenters. The van der Waals surface area contributed by atoms with Crippen molar-refractivity contribution in [3.05, 3.63) is 22.2 Å². The quantitative estimate of drug-likeness (QED) is 0.644. The third-order valence-corrected chi connectivity index (χ3v) is 5.91. The van der Waals surface area contributed by atoms with Gasteiger partial charge >= 0.3 is 0 Å². The van der Waals surface area contributed by atoms with Gasteiger partial charge in [-0.05, 0) is 44.8 Å². The van der Waals surface area contributed by atoms with E-state index in [-0.39, 0.29) is 11.8 Å². The van der Waals surface area contributed by atoms with Gasteiger partial charge in [0.25, 0.3) is 5.91 Å². The minimum absolute atomic E-state index is 0.0628. The lowest BCUT2D eigenvalue weighted by molar-refractivity contribution is 0.0217. The number of benzene rings is 1. The first-order valence-corrected chi connectivity index (χ1v) is 10.3. The van der Waals surface area contributed by atoms with Crippen LogP contribution in [0.1, 0.15) is 48.5 Å². The minimum Gasteiger partial charge on any atom is -0.492 e. The highest BCUT2D eigenvalue weighted by Gasteiger charge is 2.29. The van der Waals surface area contributed by atoms with Crippen molar-refractivity contribution in [1.29, 1.82) is 0 Å². The molecule has 2 heterocycles. The SMILES string of the molecule is CCCCN1CC[C@@H](CNC(=O)c2cc(Cl)c(N)c3c2OCCC3)[C@H](O)C1. The van der Waals surface area contributed by atoms with Crippen molar-refractivity contribution >= 4 is 23.2 Å². The number of unbranched alkanes of at least 4 members (excludes halogenated alkanes) is 1. The van der Waals surface area contributed by atoms with Crippen molar-refractivity contribution in [2.45, 2.75) is 45.1 Å². The highest BCUT2D eigenvalue weighted by Crippen LogP contribution is 2.38. The molecule has 7 heteroatoms. The maximum Gasteiger partial charge on any atom is 0.255 e. The number of aliphatic hydroxyl groups is 1. The molecule has 1 aromatic rings. The Morgan fingerprint density at radius 1 is 1.52 bits per heavy atom. The summed E-state index contributed by atoms with van der Waals surface area (Å²) < 4.78 is 5.72. The van der Waals surface area contributed by atoms with E-state index in [1.54, 1.807) is 6.07 Å². The zero-order chi connectivity index (χ0) is 19.4. The summed E-state index contributed by atoms with van der Waals surface area (Å²) in [5, 5.41) is 13.8. The number of hydrogen-bond acceptors (Lipinski definition) is 5. The number of nitrogens with one attached hydrogen (secondary N) is 1. The highest BCUT2D eigenvalue weighted by atomic mass is 35.5. The smallest absolute Gasteiger partial charge is 0.255 e. The Hall–Kier alpha value is -1.50. The summed E-state index contributed by atoms with van der Waals surface area (Å²) in [6.45, 7) is 5.85. The first kappa shape index (κ1) is 20.2. The van der Waals surface area contributed by atoms with E-state index in [1.165, 1.54) is 0 Å². The predicted octanol–water partition coefficient (Wildman–Crippen LogP) is 2.46. The van der Waals surface area contributed by atoms with E-state index < -0.39 is 6.10 Å². The topological polar surface area (TPSA) is 87.8 Å². The second-order valence-corrected chi connectivity index (χ2v) is 7.97. The number of anilines is 1. The van der Waals surface area contributed by atoms with Gasteiger partial charge in [-0.25, -0.2) is 0 Å². The third kappa shape index (κ3) is 4.68. The van der Waals surface area contributed by atoms with E-state index in [9.17, 15) is 9.90 Å². The van der Waals surface area contributed by atoms with E-state index in [2.05, 4.69) is 17.1 Å². The molecule has 3 rings (SSSR count). The predicted molar refractivity (Wildman–Crippen MR) is 107 cm³/mol. The van der Waals surface area contributed by atoms with E-state index in [0.29, 0.717) is 41.7 Å². The normalized spacial score (nSPS) is 22.8. The second-order valence-electron chi connectivity index (χ2n) is 7.56. The monoisotopic (exact) mass is 395 g/mol. The Balaban J connectivity index is 1.61. The lowest BCUT2D eigenvalue weighted by atomic mass is 9.93. The van der Waals surface area contributed by atoms with Gasteiger partial charge in [0, 0.05) is 24.6 Å². The molecule has 0 bridgehead atoms. The number of nitrogens with two attached hydrogens (primary N) is 1. The lowest BCUT2D eigenvalue weighted by Crippen LogP contribution is -2.47. The molecule has 27 heavy (non-hydrogen) atoms. The molecule has 0 saturated carbocycles. The van der Waals surface area contributed by atoms with Crippen LogP contribution in [0.25, 0.3) is 0 Å². The van der Waals surface area contributed by atoms with E-state index >= 15 is 0 Å². The average molecular weight is 396 g/mol. The molecule has 1 aromatic carbocycles. The number of fused-ring (bicyclic) bond motifs is 1. The number of β-amino-alcohol motifs (C(OH)–C–C–N with tert-alkyl or cyclic N) is 1. The van der Waals surface area contributed by atoms with Crippen molar-refractivity contribution in [2.24, 2.45) is 5.92 Å². The van der Waals surface area contributed by atoms with Crippen LogP contribution in [0.3, 0.4) is 0 Å². The number of rotatable bonds is 6. The molecule has 150 valence electrons. The summed E-state index contributed by atoms with van der Waals surface area (Å²) in [5.41, 5.74) is 7.80. The Kier molecular flexibility index (Phi) is 6.84. The molecule has 2 atom stereocenters.